The number of benzene rings is 2. The molecular weight excluding hydrogens is 284 g/mol. The lowest BCUT2D eigenvalue weighted by molar-refractivity contribution is 0.0973. The van der Waals surface area contributed by atoms with Gasteiger partial charge in [-0.2, -0.15) is 5.26 Å². The molecule has 1 heterocycles. The fourth-order valence-electron chi connectivity index (χ4n) is 2.31. The van der Waals surface area contributed by atoms with Crippen LogP contribution >= 0.6 is 11.6 Å². The van der Waals surface area contributed by atoms with E-state index in [0.29, 0.717) is 16.1 Å². The van der Waals surface area contributed by atoms with Crippen LogP contribution in [0, 0.1) is 11.3 Å². The van der Waals surface area contributed by atoms with Gasteiger partial charge in [-0.3, -0.25) is 4.79 Å². The van der Waals surface area contributed by atoms with E-state index in [-0.39, 0.29) is 12.3 Å². The molecule has 3 nitrogen and oxygen atoms in total. The standard InChI is InChI=1S/C17H11ClN2O/c18-15-10-20(16-4-2-1-3-14(15)16)11-17(21)13-7-5-12(9-19)6-8-13/h1-8,10H,11H2. The Morgan fingerprint density at radius 3 is 2.57 bits per heavy atom. The number of para-hydroxylation sites is 1. The van der Waals surface area contributed by atoms with Crippen molar-refractivity contribution in [3.63, 3.8) is 0 Å². The molecule has 0 unspecified atom stereocenters. The van der Waals surface area contributed by atoms with Gasteiger partial charge in [0.2, 0.25) is 0 Å². The lowest BCUT2D eigenvalue weighted by Crippen LogP contribution is -2.09. The normalized spacial score (nSPS) is 10.5. The number of halogens is 1. The van der Waals surface area contributed by atoms with E-state index in [4.69, 9.17) is 16.9 Å². The highest BCUT2D eigenvalue weighted by atomic mass is 35.5. The second kappa shape index (κ2) is 5.43. The van der Waals surface area contributed by atoms with Crippen molar-refractivity contribution in [3.05, 3.63) is 70.9 Å². The first-order valence-electron chi connectivity index (χ1n) is 6.46. The maximum absolute atomic E-state index is 12.3. The van der Waals surface area contributed by atoms with Crippen LogP contribution in [0.5, 0.6) is 0 Å². The molecule has 102 valence electrons. The minimum absolute atomic E-state index is 0.0168. The topological polar surface area (TPSA) is 45.8 Å². The minimum atomic E-state index is -0.0168. The monoisotopic (exact) mass is 294 g/mol. The van der Waals surface area contributed by atoms with Crippen LogP contribution in [0.1, 0.15) is 15.9 Å². The quantitative estimate of drug-likeness (QED) is 0.684. The first-order chi connectivity index (χ1) is 10.2. The molecule has 0 saturated heterocycles. The number of aromatic nitrogens is 1. The molecule has 3 aromatic rings. The second-order valence-electron chi connectivity index (χ2n) is 4.73. The van der Waals surface area contributed by atoms with Crippen LogP contribution in [-0.4, -0.2) is 10.4 Å². The predicted molar refractivity (Wildman–Crippen MR) is 82.4 cm³/mol. The van der Waals surface area contributed by atoms with Gasteiger partial charge in [0.05, 0.1) is 23.2 Å². The van der Waals surface area contributed by atoms with E-state index in [0.717, 1.165) is 10.9 Å². The fraction of sp³-hybridized carbons (Fsp3) is 0.0588. The summed E-state index contributed by atoms with van der Waals surface area (Å²) in [6, 6.07) is 16.4. The number of nitriles is 1. The molecule has 0 bridgehead atoms. The maximum Gasteiger partial charge on any atom is 0.182 e. The predicted octanol–water partition coefficient (Wildman–Crippen LogP) is 4.05. The summed E-state index contributed by atoms with van der Waals surface area (Å²) in [5.74, 6) is -0.0168. The van der Waals surface area contributed by atoms with Crippen LogP contribution in [0.3, 0.4) is 0 Å². The van der Waals surface area contributed by atoms with E-state index < -0.39 is 0 Å². The van der Waals surface area contributed by atoms with Crippen LogP contribution in [0.4, 0.5) is 0 Å². The molecule has 0 amide bonds. The molecule has 2 aromatic carbocycles. The molecular formula is C17H11ClN2O. The Hall–Kier alpha value is -2.57. The number of carbonyl (C=O) groups excluding carboxylic acids is 1. The third-order valence-electron chi connectivity index (χ3n) is 3.39. The lowest BCUT2D eigenvalue weighted by atomic mass is 10.1. The van der Waals surface area contributed by atoms with Crippen LogP contribution < -0.4 is 0 Å². The molecule has 0 aliphatic heterocycles. The van der Waals surface area contributed by atoms with Gasteiger partial charge in [0, 0.05) is 22.7 Å². The van der Waals surface area contributed by atoms with Crippen LogP contribution in [0.2, 0.25) is 5.02 Å². The zero-order chi connectivity index (χ0) is 14.8. The first-order valence-corrected chi connectivity index (χ1v) is 6.83. The zero-order valence-corrected chi connectivity index (χ0v) is 11.8. The number of Topliss-reactive ketones (excluding diaryl/α,β-unsaturated/α-hetero) is 1. The highest BCUT2D eigenvalue weighted by Gasteiger charge is 2.11. The number of fused-ring (bicyclic) bond motifs is 1. The van der Waals surface area contributed by atoms with Crippen molar-refractivity contribution in [1.29, 1.82) is 5.26 Å². The van der Waals surface area contributed by atoms with Crippen molar-refractivity contribution in [2.24, 2.45) is 0 Å². The summed E-state index contributed by atoms with van der Waals surface area (Å²) in [6.07, 6.45) is 1.77. The van der Waals surface area contributed by atoms with Gasteiger partial charge in [0.25, 0.3) is 0 Å². The van der Waals surface area contributed by atoms with Crippen molar-refractivity contribution in [1.82, 2.24) is 4.57 Å². The summed E-state index contributed by atoms with van der Waals surface area (Å²) in [6.45, 7) is 0.221. The first kappa shape index (κ1) is 13.4. The number of hydrogen-bond acceptors (Lipinski definition) is 2. The van der Waals surface area contributed by atoms with Gasteiger partial charge in [-0.25, -0.2) is 0 Å². The number of rotatable bonds is 3. The summed E-state index contributed by atoms with van der Waals surface area (Å²) < 4.78 is 1.85. The Labute approximate surface area is 127 Å². The van der Waals surface area contributed by atoms with Gasteiger partial charge < -0.3 is 4.57 Å². The van der Waals surface area contributed by atoms with E-state index in [1.54, 1.807) is 30.5 Å². The van der Waals surface area contributed by atoms with Crippen molar-refractivity contribution in [2.45, 2.75) is 6.54 Å². The lowest BCUT2D eigenvalue weighted by Gasteiger charge is -2.05. The largest absolute Gasteiger partial charge is 0.338 e. The number of ketones is 1. The van der Waals surface area contributed by atoms with E-state index in [1.807, 2.05) is 34.9 Å². The molecule has 0 aliphatic rings. The van der Waals surface area contributed by atoms with E-state index in [1.165, 1.54) is 0 Å². The summed E-state index contributed by atoms with van der Waals surface area (Å²) in [7, 11) is 0. The van der Waals surface area contributed by atoms with Crippen molar-refractivity contribution in [2.75, 3.05) is 0 Å². The Kier molecular flexibility index (Phi) is 3.47. The molecule has 0 spiro atoms. The number of carbonyl (C=O) groups is 1. The van der Waals surface area contributed by atoms with Gasteiger partial charge in [0.1, 0.15) is 0 Å². The molecule has 0 radical (unpaired) electrons. The van der Waals surface area contributed by atoms with Gasteiger partial charge in [-0.05, 0) is 18.2 Å². The summed E-state index contributed by atoms with van der Waals surface area (Å²) >= 11 is 6.18. The summed E-state index contributed by atoms with van der Waals surface area (Å²) in [5.41, 5.74) is 2.06. The SMILES string of the molecule is N#Cc1ccc(C(=O)Cn2cc(Cl)c3ccccc32)cc1. The van der Waals surface area contributed by atoms with Gasteiger partial charge in [-0.15, -0.1) is 0 Å². The molecule has 0 atom stereocenters. The smallest absolute Gasteiger partial charge is 0.182 e. The highest BCUT2D eigenvalue weighted by molar-refractivity contribution is 6.35. The molecule has 3 rings (SSSR count). The van der Waals surface area contributed by atoms with Crippen molar-refractivity contribution >= 4 is 28.3 Å². The Balaban J connectivity index is 1.91. The molecule has 0 N–H and O–H groups in total. The average molecular weight is 295 g/mol. The van der Waals surface area contributed by atoms with E-state index in [9.17, 15) is 4.79 Å². The number of hydrogen-bond donors (Lipinski definition) is 0. The van der Waals surface area contributed by atoms with E-state index in [2.05, 4.69) is 0 Å². The van der Waals surface area contributed by atoms with Crippen LogP contribution in [0.25, 0.3) is 10.9 Å². The third kappa shape index (κ3) is 2.54. The zero-order valence-electron chi connectivity index (χ0n) is 11.1. The van der Waals surface area contributed by atoms with Crippen molar-refractivity contribution in [3.8, 4) is 6.07 Å². The van der Waals surface area contributed by atoms with Crippen molar-refractivity contribution < 1.29 is 4.79 Å². The van der Waals surface area contributed by atoms with E-state index >= 15 is 0 Å². The molecule has 1 aromatic heterocycles. The fourth-order valence-corrected chi connectivity index (χ4v) is 2.59. The molecule has 0 aliphatic carbocycles. The van der Waals surface area contributed by atoms with Gasteiger partial charge in [-0.1, -0.05) is 41.9 Å². The molecule has 21 heavy (non-hydrogen) atoms. The number of nitrogens with zero attached hydrogens (tertiary/aromatic N) is 2. The molecule has 4 heteroatoms. The molecule has 0 saturated carbocycles. The van der Waals surface area contributed by atoms with Crippen LogP contribution in [-0.2, 0) is 6.54 Å². The summed E-state index contributed by atoms with van der Waals surface area (Å²) in [4.78, 5) is 12.3. The Bertz CT molecular complexity index is 857. The van der Waals surface area contributed by atoms with Gasteiger partial charge >= 0.3 is 0 Å². The highest BCUT2D eigenvalue weighted by Crippen LogP contribution is 2.25. The average Bonchev–Trinajstić information content (AvgIpc) is 2.84. The third-order valence-corrected chi connectivity index (χ3v) is 3.69. The van der Waals surface area contributed by atoms with Crippen LogP contribution in [0.15, 0.2) is 54.7 Å². The Morgan fingerprint density at radius 2 is 1.86 bits per heavy atom. The molecule has 0 fully saturated rings. The Morgan fingerprint density at radius 1 is 1.14 bits per heavy atom. The summed E-state index contributed by atoms with van der Waals surface area (Å²) in [5, 5.41) is 10.3. The maximum atomic E-state index is 12.3. The van der Waals surface area contributed by atoms with Gasteiger partial charge in [0.15, 0.2) is 5.78 Å². The minimum Gasteiger partial charge on any atom is -0.338 e. The second-order valence-corrected chi connectivity index (χ2v) is 5.14.